The average Bonchev–Trinajstić information content (AvgIpc) is 3.37. The second kappa shape index (κ2) is 8.80. The molecule has 32 heavy (non-hydrogen) atoms. The van der Waals surface area contributed by atoms with Crippen molar-refractivity contribution >= 4 is 29.1 Å². The van der Waals surface area contributed by atoms with Crippen molar-refractivity contribution in [1.29, 1.82) is 0 Å². The number of aliphatic hydroxyl groups excluding tert-OH is 1. The Morgan fingerprint density at radius 1 is 1.16 bits per heavy atom. The zero-order chi connectivity index (χ0) is 22.8. The SMILES string of the molecule is CCOc1cc(/C(O)=C2/C(=O)C(=O)N(Cc3ccco3)C2c2cccc(O)c2)ccc1Cl. The number of benzene rings is 2. The first-order chi connectivity index (χ1) is 15.4. The van der Waals surface area contributed by atoms with Crippen LogP contribution in [0.1, 0.15) is 29.9 Å². The van der Waals surface area contributed by atoms with Crippen LogP contribution in [0.25, 0.3) is 5.76 Å². The molecule has 8 heteroatoms. The van der Waals surface area contributed by atoms with Gasteiger partial charge in [0.1, 0.15) is 23.0 Å². The number of aliphatic hydroxyl groups is 1. The molecule has 1 aliphatic rings. The Labute approximate surface area is 189 Å². The van der Waals surface area contributed by atoms with Crippen molar-refractivity contribution in [3.63, 3.8) is 0 Å². The van der Waals surface area contributed by atoms with E-state index in [1.165, 1.54) is 29.4 Å². The van der Waals surface area contributed by atoms with Crippen molar-refractivity contribution in [2.75, 3.05) is 6.61 Å². The Kier molecular flexibility index (Phi) is 5.92. The van der Waals surface area contributed by atoms with Gasteiger partial charge in [0, 0.05) is 5.56 Å². The number of phenols is 1. The number of ether oxygens (including phenoxy) is 1. The molecule has 1 aliphatic heterocycles. The van der Waals surface area contributed by atoms with E-state index >= 15 is 0 Å². The van der Waals surface area contributed by atoms with Gasteiger partial charge in [0.25, 0.3) is 11.7 Å². The van der Waals surface area contributed by atoms with Crippen molar-refractivity contribution in [3.05, 3.63) is 88.3 Å². The molecular formula is C24H20ClNO6. The normalized spacial score (nSPS) is 17.7. The highest BCUT2D eigenvalue weighted by Gasteiger charge is 2.46. The average molecular weight is 454 g/mol. The van der Waals surface area contributed by atoms with Crippen LogP contribution in [0.4, 0.5) is 0 Å². The van der Waals surface area contributed by atoms with Gasteiger partial charge in [0.15, 0.2) is 0 Å². The highest BCUT2D eigenvalue weighted by atomic mass is 35.5. The summed E-state index contributed by atoms with van der Waals surface area (Å²) in [4.78, 5) is 27.3. The molecular weight excluding hydrogens is 434 g/mol. The fraction of sp³-hybridized carbons (Fsp3) is 0.167. The maximum atomic E-state index is 13.0. The number of carbonyl (C=O) groups excluding carboxylic acids is 2. The minimum Gasteiger partial charge on any atom is -0.508 e. The van der Waals surface area contributed by atoms with Crippen molar-refractivity contribution in [2.24, 2.45) is 0 Å². The standard InChI is InChI=1S/C24H20ClNO6/c1-2-31-19-12-15(8-9-18(19)25)22(28)20-21(14-5-3-6-16(27)11-14)26(24(30)23(20)29)13-17-7-4-10-32-17/h3-12,21,27-28H,2,13H2,1H3/b22-20-. The van der Waals surface area contributed by atoms with E-state index in [2.05, 4.69) is 0 Å². The molecule has 164 valence electrons. The van der Waals surface area contributed by atoms with Crippen LogP contribution < -0.4 is 4.74 Å². The molecule has 0 spiro atoms. The summed E-state index contributed by atoms with van der Waals surface area (Å²) < 4.78 is 10.8. The number of furan rings is 1. The van der Waals surface area contributed by atoms with Gasteiger partial charge in [0.05, 0.1) is 36.1 Å². The number of rotatable bonds is 6. The number of phenolic OH excluding ortho intramolecular Hbond substituents is 1. The highest BCUT2D eigenvalue weighted by Crippen LogP contribution is 2.41. The van der Waals surface area contributed by atoms with Crippen LogP contribution in [0.3, 0.4) is 0 Å². The quantitative estimate of drug-likeness (QED) is 0.320. The van der Waals surface area contributed by atoms with Crippen molar-refractivity contribution in [3.8, 4) is 11.5 Å². The van der Waals surface area contributed by atoms with Gasteiger partial charge in [-0.05, 0) is 55.0 Å². The maximum Gasteiger partial charge on any atom is 0.296 e. The number of nitrogens with zero attached hydrogens (tertiary/aromatic N) is 1. The van der Waals surface area contributed by atoms with E-state index in [1.807, 2.05) is 0 Å². The molecule has 7 nitrogen and oxygen atoms in total. The lowest BCUT2D eigenvalue weighted by molar-refractivity contribution is -0.140. The summed E-state index contributed by atoms with van der Waals surface area (Å²) in [5.41, 5.74) is 0.646. The molecule has 2 heterocycles. The van der Waals surface area contributed by atoms with Gasteiger partial charge in [-0.25, -0.2) is 0 Å². The Bertz CT molecular complexity index is 1200. The van der Waals surface area contributed by atoms with Crippen molar-refractivity contribution in [1.82, 2.24) is 4.90 Å². The number of halogens is 1. The van der Waals surface area contributed by atoms with Crippen molar-refractivity contribution < 1.29 is 29.0 Å². The molecule has 0 aliphatic carbocycles. The molecule has 0 saturated carbocycles. The molecule has 4 rings (SSSR count). The Hall–Kier alpha value is -3.71. The van der Waals surface area contributed by atoms with Gasteiger partial charge < -0.3 is 24.3 Å². The second-order valence-electron chi connectivity index (χ2n) is 7.18. The zero-order valence-corrected chi connectivity index (χ0v) is 17.9. The summed E-state index contributed by atoms with van der Waals surface area (Å²) >= 11 is 6.15. The van der Waals surface area contributed by atoms with E-state index in [1.54, 1.807) is 43.3 Å². The maximum absolute atomic E-state index is 13.0. The van der Waals surface area contributed by atoms with Gasteiger partial charge in [-0.15, -0.1) is 0 Å². The van der Waals surface area contributed by atoms with Crippen molar-refractivity contribution in [2.45, 2.75) is 19.5 Å². The van der Waals surface area contributed by atoms with Gasteiger partial charge in [-0.3, -0.25) is 9.59 Å². The number of hydrogen-bond acceptors (Lipinski definition) is 6. The van der Waals surface area contributed by atoms with E-state index in [0.717, 1.165) is 0 Å². The molecule has 1 saturated heterocycles. The van der Waals surface area contributed by atoms with Gasteiger partial charge >= 0.3 is 0 Å². The first-order valence-corrected chi connectivity index (χ1v) is 10.3. The number of aromatic hydroxyl groups is 1. The predicted octanol–water partition coefficient (Wildman–Crippen LogP) is 4.66. The molecule has 1 atom stereocenters. The summed E-state index contributed by atoms with van der Waals surface area (Å²) in [6, 6.07) is 13.2. The van der Waals surface area contributed by atoms with Gasteiger partial charge in [-0.2, -0.15) is 0 Å². The third-order valence-corrected chi connectivity index (χ3v) is 5.45. The number of amides is 1. The Morgan fingerprint density at radius 3 is 2.66 bits per heavy atom. The fourth-order valence-corrected chi connectivity index (χ4v) is 3.90. The Balaban J connectivity index is 1.87. The lowest BCUT2D eigenvalue weighted by Gasteiger charge is -2.24. The van der Waals surface area contributed by atoms with E-state index < -0.39 is 17.7 Å². The summed E-state index contributed by atoms with van der Waals surface area (Å²) in [5.74, 6) is -1.20. The van der Waals surface area contributed by atoms with Crippen LogP contribution in [0, 0.1) is 0 Å². The lowest BCUT2D eigenvalue weighted by atomic mass is 9.95. The molecule has 2 N–H and O–H groups in total. The number of ketones is 1. The molecule has 1 aromatic heterocycles. The topological polar surface area (TPSA) is 100 Å². The highest BCUT2D eigenvalue weighted by molar-refractivity contribution is 6.46. The summed E-state index contributed by atoms with van der Waals surface area (Å²) in [6.45, 7) is 2.17. The monoisotopic (exact) mass is 453 g/mol. The summed E-state index contributed by atoms with van der Waals surface area (Å²) in [5, 5.41) is 21.5. The molecule has 1 fully saturated rings. The minimum atomic E-state index is -0.932. The lowest BCUT2D eigenvalue weighted by Crippen LogP contribution is -2.29. The van der Waals surface area contributed by atoms with Crippen LogP contribution in [0.2, 0.25) is 5.02 Å². The van der Waals surface area contributed by atoms with E-state index in [0.29, 0.717) is 28.7 Å². The van der Waals surface area contributed by atoms with Crippen LogP contribution in [0.15, 0.2) is 70.9 Å². The number of carbonyl (C=O) groups is 2. The van der Waals surface area contributed by atoms with Crippen LogP contribution in [-0.2, 0) is 16.1 Å². The summed E-state index contributed by atoms with van der Waals surface area (Å²) in [7, 11) is 0. The molecule has 3 aromatic rings. The minimum absolute atomic E-state index is 0.0134. The third kappa shape index (κ3) is 3.94. The first kappa shape index (κ1) is 21.5. The third-order valence-electron chi connectivity index (χ3n) is 5.14. The molecule has 0 bridgehead atoms. The van der Waals surface area contributed by atoms with Crippen LogP contribution in [-0.4, -0.2) is 33.4 Å². The first-order valence-electron chi connectivity index (χ1n) is 9.93. The second-order valence-corrected chi connectivity index (χ2v) is 7.59. The molecule has 1 unspecified atom stereocenters. The molecule has 0 radical (unpaired) electrons. The fourth-order valence-electron chi connectivity index (χ4n) is 3.73. The number of hydrogen-bond donors (Lipinski definition) is 2. The number of likely N-dealkylation sites (tertiary alicyclic amines) is 1. The van der Waals surface area contributed by atoms with E-state index in [9.17, 15) is 19.8 Å². The molecule has 1 amide bonds. The predicted molar refractivity (Wildman–Crippen MR) is 117 cm³/mol. The van der Waals surface area contributed by atoms with E-state index in [4.69, 9.17) is 20.8 Å². The van der Waals surface area contributed by atoms with Gasteiger partial charge in [0.2, 0.25) is 0 Å². The Morgan fingerprint density at radius 2 is 1.97 bits per heavy atom. The zero-order valence-electron chi connectivity index (χ0n) is 17.1. The van der Waals surface area contributed by atoms with Crippen LogP contribution >= 0.6 is 11.6 Å². The largest absolute Gasteiger partial charge is 0.508 e. The molecule has 2 aromatic carbocycles. The summed E-state index contributed by atoms with van der Waals surface area (Å²) in [6.07, 6.45) is 1.47. The van der Waals surface area contributed by atoms with Crippen LogP contribution in [0.5, 0.6) is 11.5 Å². The smallest absolute Gasteiger partial charge is 0.296 e. The number of Topliss-reactive ketones (excluding diaryl/α,β-unsaturated/α-hetero) is 1. The van der Waals surface area contributed by atoms with E-state index in [-0.39, 0.29) is 29.2 Å². The van der Waals surface area contributed by atoms with Gasteiger partial charge in [-0.1, -0.05) is 23.7 Å².